The van der Waals surface area contributed by atoms with E-state index in [4.69, 9.17) is 5.73 Å². The lowest BCUT2D eigenvalue weighted by Crippen LogP contribution is -2.39. The molecule has 8 heteroatoms. The Morgan fingerprint density at radius 3 is 3.10 bits per heavy atom. The van der Waals surface area contributed by atoms with Gasteiger partial charge < -0.3 is 20.9 Å². The average Bonchev–Trinajstić information content (AvgIpc) is 3.28. The first-order valence-electron chi connectivity index (χ1n) is 9.66. The van der Waals surface area contributed by atoms with Crippen LogP contribution in [0.1, 0.15) is 22.7 Å². The highest BCUT2D eigenvalue weighted by atomic mass is 32.2. The van der Waals surface area contributed by atoms with E-state index in [0.29, 0.717) is 4.91 Å². The number of aromatic amines is 1. The van der Waals surface area contributed by atoms with Crippen LogP contribution < -0.4 is 16.0 Å². The zero-order valence-corrected chi connectivity index (χ0v) is 16.9. The van der Waals surface area contributed by atoms with Crippen LogP contribution in [0.25, 0.3) is 11.0 Å². The number of benzene rings is 1. The van der Waals surface area contributed by atoms with E-state index in [1.54, 1.807) is 18.1 Å². The van der Waals surface area contributed by atoms with Gasteiger partial charge in [-0.25, -0.2) is 9.97 Å². The Kier molecular flexibility index (Phi) is 4.52. The summed E-state index contributed by atoms with van der Waals surface area (Å²) in [4.78, 5) is 27.7. The van der Waals surface area contributed by atoms with Crippen LogP contribution in [-0.2, 0) is 11.2 Å². The summed E-state index contributed by atoms with van der Waals surface area (Å²) < 4.78 is 0. The Bertz CT molecular complexity index is 1120. The summed E-state index contributed by atoms with van der Waals surface area (Å²) in [7, 11) is 0. The molecule has 148 valence electrons. The van der Waals surface area contributed by atoms with Crippen LogP contribution in [0, 0.1) is 6.92 Å². The molecule has 1 aliphatic heterocycles. The van der Waals surface area contributed by atoms with Gasteiger partial charge in [-0.3, -0.25) is 4.79 Å². The molecule has 0 saturated heterocycles. The van der Waals surface area contributed by atoms with Gasteiger partial charge in [0.05, 0.1) is 16.3 Å². The van der Waals surface area contributed by atoms with Gasteiger partial charge in [-0.2, -0.15) is 0 Å². The number of nitrogens with one attached hydrogen (secondary N) is 2. The second-order valence-corrected chi connectivity index (χ2v) is 8.58. The molecule has 2 aromatic heterocycles. The number of aromatic nitrogens is 3. The highest BCUT2D eigenvalue weighted by molar-refractivity contribution is 8.04. The van der Waals surface area contributed by atoms with Crippen molar-refractivity contribution in [1.82, 2.24) is 20.3 Å². The number of H-pyrrole nitrogens is 1. The fourth-order valence-electron chi connectivity index (χ4n) is 4.13. The van der Waals surface area contributed by atoms with Crippen LogP contribution in [-0.4, -0.2) is 39.2 Å². The largest absolute Gasteiger partial charge is 0.346 e. The quantitative estimate of drug-likeness (QED) is 0.618. The van der Waals surface area contributed by atoms with Crippen LogP contribution in [0.4, 0.5) is 5.82 Å². The van der Waals surface area contributed by atoms with Crippen LogP contribution in [0.3, 0.4) is 0 Å². The van der Waals surface area contributed by atoms with Crippen molar-refractivity contribution in [3.05, 3.63) is 64.6 Å². The molecule has 0 radical (unpaired) electrons. The maximum atomic E-state index is 13.0. The number of rotatable bonds is 3. The molecular formula is C21H22N6OS. The highest BCUT2D eigenvalue weighted by Crippen LogP contribution is 2.33. The van der Waals surface area contributed by atoms with Crippen molar-refractivity contribution in [3.8, 4) is 0 Å². The predicted molar refractivity (Wildman–Crippen MR) is 116 cm³/mol. The number of nitrogens with zero attached hydrogens (tertiary/aromatic N) is 3. The topological polar surface area (TPSA) is 99.9 Å². The third-order valence-electron chi connectivity index (χ3n) is 5.57. The number of fused-ring (bicyclic) bond motifs is 2. The fraction of sp³-hybridized carbons (Fsp3) is 0.286. The van der Waals surface area contributed by atoms with E-state index in [-0.39, 0.29) is 18.0 Å². The van der Waals surface area contributed by atoms with Gasteiger partial charge in [-0.15, -0.1) is 11.8 Å². The molecule has 0 fully saturated rings. The molecule has 7 nitrogen and oxygen atoms in total. The lowest BCUT2D eigenvalue weighted by Gasteiger charge is -2.27. The number of nitrogens with two attached hydrogens (primary N) is 1. The Labute approximate surface area is 172 Å². The second kappa shape index (κ2) is 7.20. The first-order valence-corrected chi connectivity index (χ1v) is 10.6. The molecular weight excluding hydrogens is 384 g/mol. The van der Waals surface area contributed by atoms with Crippen LogP contribution >= 0.6 is 11.8 Å². The molecule has 1 aromatic carbocycles. The van der Waals surface area contributed by atoms with Crippen molar-refractivity contribution >= 4 is 34.5 Å². The van der Waals surface area contributed by atoms with E-state index in [1.165, 1.54) is 5.56 Å². The maximum Gasteiger partial charge on any atom is 0.259 e. The fourth-order valence-corrected chi connectivity index (χ4v) is 5.03. The summed E-state index contributed by atoms with van der Waals surface area (Å²) in [6.45, 7) is 2.81. The third-order valence-corrected chi connectivity index (χ3v) is 6.55. The van der Waals surface area contributed by atoms with Crippen molar-refractivity contribution in [1.29, 1.82) is 0 Å². The monoisotopic (exact) mass is 406 g/mol. The zero-order chi connectivity index (χ0) is 20.0. The minimum atomic E-state index is -0.159. The van der Waals surface area contributed by atoms with Crippen LogP contribution in [0.2, 0.25) is 0 Å². The predicted octanol–water partition coefficient (Wildman–Crippen LogP) is 2.40. The van der Waals surface area contributed by atoms with E-state index in [0.717, 1.165) is 46.7 Å². The first kappa shape index (κ1) is 18.2. The molecule has 0 bridgehead atoms. The number of hydrogen-bond acceptors (Lipinski definition) is 6. The summed E-state index contributed by atoms with van der Waals surface area (Å²) >= 11 is 1.56. The second-order valence-electron chi connectivity index (χ2n) is 7.45. The van der Waals surface area contributed by atoms with Gasteiger partial charge in [0.1, 0.15) is 17.8 Å². The molecule has 1 amide bonds. The van der Waals surface area contributed by atoms with Crippen LogP contribution in [0.5, 0.6) is 0 Å². The van der Waals surface area contributed by atoms with Gasteiger partial charge in [0.2, 0.25) is 0 Å². The Hall–Kier alpha value is -2.84. The molecule has 3 heterocycles. The number of carbonyl (C=O) groups is 1. The average molecular weight is 407 g/mol. The Morgan fingerprint density at radius 1 is 1.34 bits per heavy atom. The molecule has 29 heavy (non-hydrogen) atoms. The van der Waals surface area contributed by atoms with Crippen molar-refractivity contribution in [3.63, 3.8) is 0 Å². The van der Waals surface area contributed by atoms with Gasteiger partial charge in [-0.05, 0) is 30.0 Å². The summed E-state index contributed by atoms with van der Waals surface area (Å²) in [5, 5.41) is 4.14. The van der Waals surface area contributed by atoms with E-state index in [1.807, 2.05) is 42.4 Å². The number of aryl methyl sites for hydroxylation is 1. The van der Waals surface area contributed by atoms with E-state index in [2.05, 4.69) is 26.3 Å². The molecule has 0 spiro atoms. The number of carbonyl (C=O) groups excluding carboxylic acids is 1. The molecule has 2 aliphatic rings. The summed E-state index contributed by atoms with van der Waals surface area (Å²) in [5.74, 6) is 1.54. The Morgan fingerprint density at radius 2 is 2.21 bits per heavy atom. The van der Waals surface area contributed by atoms with E-state index < -0.39 is 0 Å². The van der Waals surface area contributed by atoms with E-state index in [9.17, 15) is 4.79 Å². The summed E-state index contributed by atoms with van der Waals surface area (Å²) in [5.41, 5.74) is 10.5. The summed E-state index contributed by atoms with van der Waals surface area (Å²) in [6, 6.07) is 7.87. The van der Waals surface area contributed by atoms with Crippen molar-refractivity contribution in [2.45, 2.75) is 25.4 Å². The van der Waals surface area contributed by atoms with Crippen molar-refractivity contribution in [2.24, 2.45) is 5.73 Å². The number of amides is 1. The zero-order valence-electron chi connectivity index (χ0n) is 16.1. The van der Waals surface area contributed by atoms with Gasteiger partial charge in [-0.1, -0.05) is 24.3 Å². The molecule has 5 rings (SSSR count). The highest BCUT2D eigenvalue weighted by Gasteiger charge is 2.32. The lowest BCUT2D eigenvalue weighted by atomic mass is 10.1. The van der Waals surface area contributed by atoms with Crippen molar-refractivity contribution < 1.29 is 4.79 Å². The lowest BCUT2D eigenvalue weighted by molar-refractivity contribution is -0.117. The molecule has 4 N–H and O–H groups in total. The molecule has 3 aromatic rings. The third kappa shape index (κ3) is 3.18. The number of hydrogen-bond donors (Lipinski definition) is 3. The van der Waals surface area contributed by atoms with Gasteiger partial charge in [0.25, 0.3) is 5.91 Å². The number of anilines is 1. The van der Waals surface area contributed by atoms with E-state index >= 15 is 0 Å². The van der Waals surface area contributed by atoms with Gasteiger partial charge in [0, 0.05) is 30.7 Å². The SMILES string of the molecule is Cc1c[nH]c2ncnc(N3C=C(C(=O)N[C@@H]4c5ccccc5C[C@@H]4N)SCC3)c12. The standard InChI is InChI=1S/C21H22N6OS/c1-12-9-23-19-17(12)20(25-11-24-19)27-6-7-29-16(10-27)21(28)26-18-14-5-3-2-4-13(14)8-15(18)22/h2-5,9-11,15,18H,6-8,22H2,1H3,(H,26,28)(H,23,24,25)/t15-,18+/m0/s1. The minimum Gasteiger partial charge on any atom is -0.346 e. The van der Waals surface area contributed by atoms with Gasteiger partial charge in [0.15, 0.2) is 0 Å². The Balaban J connectivity index is 1.42. The maximum absolute atomic E-state index is 13.0. The van der Waals surface area contributed by atoms with Gasteiger partial charge >= 0.3 is 0 Å². The molecule has 2 atom stereocenters. The van der Waals surface area contributed by atoms with Crippen molar-refractivity contribution in [2.75, 3.05) is 17.2 Å². The normalized spacial score (nSPS) is 21.2. The van der Waals surface area contributed by atoms with Crippen LogP contribution in [0.15, 0.2) is 47.9 Å². The minimum absolute atomic E-state index is 0.0899. The number of thioether (sulfide) groups is 1. The molecule has 1 aliphatic carbocycles. The molecule has 0 saturated carbocycles. The molecule has 0 unspecified atom stereocenters. The smallest absolute Gasteiger partial charge is 0.259 e. The summed E-state index contributed by atoms with van der Waals surface area (Å²) in [6.07, 6.45) is 6.16. The first-order chi connectivity index (χ1) is 14.1.